The molecule has 126 valence electrons. The van der Waals surface area contributed by atoms with Crippen molar-refractivity contribution in [1.82, 2.24) is 0 Å². The number of nitrogens with one attached hydrogen (secondary N) is 2. The van der Waals surface area contributed by atoms with Gasteiger partial charge in [-0.15, -0.1) is 0 Å². The highest BCUT2D eigenvalue weighted by molar-refractivity contribution is 6.43. The Hall–Kier alpha value is -3.02. The van der Waals surface area contributed by atoms with Crippen molar-refractivity contribution in [1.29, 1.82) is 0 Å². The monoisotopic (exact) mass is 328 g/mol. The fourth-order valence-electron chi connectivity index (χ4n) is 2.23. The Bertz CT molecular complexity index is 772. The molecule has 0 spiro atoms. The third kappa shape index (κ3) is 4.04. The summed E-state index contributed by atoms with van der Waals surface area (Å²) >= 11 is 0. The number of methoxy groups -OCH3 is 2. The van der Waals surface area contributed by atoms with Crippen LogP contribution in [0.15, 0.2) is 36.4 Å². The van der Waals surface area contributed by atoms with Crippen LogP contribution in [0.5, 0.6) is 11.5 Å². The van der Waals surface area contributed by atoms with Crippen LogP contribution < -0.4 is 20.1 Å². The number of carbonyl (C=O) groups is 2. The number of amides is 2. The Morgan fingerprint density at radius 2 is 1.50 bits per heavy atom. The van der Waals surface area contributed by atoms with Gasteiger partial charge in [-0.1, -0.05) is 17.7 Å². The maximum Gasteiger partial charge on any atom is 0.314 e. The molecular weight excluding hydrogens is 308 g/mol. The lowest BCUT2D eigenvalue weighted by Crippen LogP contribution is -2.29. The maximum absolute atomic E-state index is 12.1. The number of anilines is 2. The second-order valence-electron chi connectivity index (χ2n) is 5.30. The van der Waals surface area contributed by atoms with E-state index in [0.717, 1.165) is 11.1 Å². The van der Waals surface area contributed by atoms with E-state index in [0.29, 0.717) is 22.9 Å². The van der Waals surface area contributed by atoms with Gasteiger partial charge in [0.1, 0.15) is 0 Å². The zero-order valence-corrected chi connectivity index (χ0v) is 14.1. The molecule has 6 heteroatoms. The van der Waals surface area contributed by atoms with E-state index in [-0.39, 0.29) is 0 Å². The molecule has 24 heavy (non-hydrogen) atoms. The molecule has 6 nitrogen and oxygen atoms in total. The lowest BCUT2D eigenvalue weighted by molar-refractivity contribution is -0.133. The van der Waals surface area contributed by atoms with E-state index in [1.807, 2.05) is 26.0 Å². The first-order chi connectivity index (χ1) is 11.4. The molecule has 0 radical (unpaired) electrons. The van der Waals surface area contributed by atoms with Gasteiger partial charge < -0.3 is 20.1 Å². The van der Waals surface area contributed by atoms with Crippen molar-refractivity contribution in [2.75, 3.05) is 24.9 Å². The molecule has 0 aromatic heterocycles. The van der Waals surface area contributed by atoms with Crippen molar-refractivity contribution < 1.29 is 19.1 Å². The molecule has 0 fully saturated rings. The largest absolute Gasteiger partial charge is 0.493 e. The van der Waals surface area contributed by atoms with Crippen molar-refractivity contribution in [3.63, 3.8) is 0 Å². The van der Waals surface area contributed by atoms with Crippen LogP contribution in [-0.2, 0) is 9.59 Å². The van der Waals surface area contributed by atoms with Gasteiger partial charge in [-0.3, -0.25) is 9.59 Å². The summed E-state index contributed by atoms with van der Waals surface area (Å²) in [5, 5.41) is 5.13. The molecule has 0 atom stereocenters. The standard InChI is InChI=1S/C18H20N2O4/c1-11-5-7-14(12(2)9-11)20-18(22)17(21)19-13-6-8-15(23-3)16(10-13)24-4/h5-10H,1-4H3,(H,19,21)(H,20,22). The SMILES string of the molecule is COc1ccc(NC(=O)C(=O)Nc2ccc(C)cc2C)cc1OC. The lowest BCUT2D eigenvalue weighted by atomic mass is 10.1. The van der Waals surface area contributed by atoms with Crippen LogP contribution in [-0.4, -0.2) is 26.0 Å². The number of carbonyl (C=O) groups excluding carboxylic acids is 2. The summed E-state index contributed by atoms with van der Waals surface area (Å²) < 4.78 is 10.3. The highest BCUT2D eigenvalue weighted by Crippen LogP contribution is 2.29. The predicted molar refractivity (Wildman–Crippen MR) is 92.7 cm³/mol. The molecule has 0 aliphatic rings. The van der Waals surface area contributed by atoms with E-state index in [9.17, 15) is 9.59 Å². The van der Waals surface area contributed by atoms with Gasteiger partial charge >= 0.3 is 11.8 Å². The molecule has 0 saturated heterocycles. The molecular formula is C18H20N2O4. The zero-order chi connectivity index (χ0) is 17.7. The van der Waals surface area contributed by atoms with Crippen LogP contribution in [0.2, 0.25) is 0 Å². The Balaban J connectivity index is 2.07. The van der Waals surface area contributed by atoms with E-state index < -0.39 is 11.8 Å². The summed E-state index contributed by atoms with van der Waals surface area (Å²) in [7, 11) is 3.02. The summed E-state index contributed by atoms with van der Waals surface area (Å²) in [5.74, 6) is -0.501. The number of hydrogen-bond donors (Lipinski definition) is 2. The number of aryl methyl sites for hydroxylation is 2. The van der Waals surface area contributed by atoms with Gasteiger partial charge in [-0.25, -0.2) is 0 Å². The summed E-state index contributed by atoms with van der Waals surface area (Å²) in [6.45, 7) is 3.83. The molecule has 2 aromatic carbocycles. The third-order valence-electron chi connectivity index (χ3n) is 3.48. The van der Waals surface area contributed by atoms with Gasteiger partial charge in [0, 0.05) is 17.4 Å². The molecule has 2 amide bonds. The van der Waals surface area contributed by atoms with Gasteiger partial charge in [-0.2, -0.15) is 0 Å². The third-order valence-corrected chi connectivity index (χ3v) is 3.48. The quantitative estimate of drug-likeness (QED) is 0.846. The van der Waals surface area contributed by atoms with Gasteiger partial charge in [0.15, 0.2) is 11.5 Å². The fraction of sp³-hybridized carbons (Fsp3) is 0.222. The molecule has 2 N–H and O–H groups in total. The number of rotatable bonds is 4. The minimum Gasteiger partial charge on any atom is -0.493 e. The minimum absolute atomic E-state index is 0.438. The number of hydrogen-bond acceptors (Lipinski definition) is 4. The van der Waals surface area contributed by atoms with Crippen LogP contribution in [0.4, 0.5) is 11.4 Å². The average molecular weight is 328 g/mol. The molecule has 0 aliphatic heterocycles. The summed E-state index contributed by atoms with van der Waals surface area (Å²) in [5.41, 5.74) is 3.02. The fourth-order valence-corrected chi connectivity index (χ4v) is 2.23. The Morgan fingerprint density at radius 1 is 0.833 bits per heavy atom. The van der Waals surface area contributed by atoms with Crippen molar-refractivity contribution >= 4 is 23.2 Å². The van der Waals surface area contributed by atoms with E-state index in [1.54, 1.807) is 24.3 Å². The summed E-state index contributed by atoms with van der Waals surface area (Å²) in [6, 6.07) is 10.4. The zero-order valence-electron chi connectivity index (χ0n) is 14.1. The van der Waals surface area contributed by atoms with E-state index in [4.69, 9.17) is 9.47 Å². The smallest absolute Gasteiger partial charge is 0.314 e. The molecule has 0 bridgehead atoms. The minimum atomic E-state index is -0.762. The van der Waals surface area contributed by atoms with E-state index in [2.05, 4.69) is 10.6 Å². The summed E-state index contributed by atoms with van der Waals surface area (Å²) in [6.07, 6.45) is 0. The van der Waals surface area contributed by atoms with Crippen LogP contribution in [0.1, 0.15) is 11.1 Å². The average Bonchev–Trinajstić information content (AvgIpc) is 2.57. The lowest BCUT2D eigenvalue weighted by Gasteiger charge is -2.11. The van der Waals surface area contributed by atoms with Gasteiger partial charge in [0.25, 0.3) is 0 Å². The van der Waals surface area contributed by atoms with Crippen molar-refractivity contribution in [3.8, 4) is 11.5 Å². The topological polar surface area (TPSA) is 76.7 Å². The van der Waals surface area contributed by atoms with Crippen LogP contribution in [0, 0.1) is 13.8 Å². The van der Waals surface area contributed by atoms with Gasteiger partial charge in [0.2, 0.25) is 0 Å². The van der Waals surface area contributed by atoms with E-state index >= 15 is 0 Å². The molecule has 0 heterocycles. The van der Waals surface area contributed by atoms with Gasteiger partial charge in [-0.05, 0) is 37.6 Å². The maximum atomic E-state index is 12.1. The Labute approximate surface area is 140 Å². The summed E-state index contributed by atoms with van der Waals surface area (Å²) in [4.78, 5) is 24.1. The first kappa shape index (κ1) is 17.3. The second kappa shape index (κ2) is 7.50. The number of benzene rings is 2. The van der Waals surface area contributed by atoms with Crippen LogP contribution in [0.25, 0.3) is 0 Å². The van der Waals surface area contributed by atoms with E-state index in [1.165, 1.54) is 14.2 Å². The number of ether oxygens (including phenoxy) is 2. The Morgan fingerprint density at radius 3 is 2.12 bits per heavy atom. The van der Waals surface area contributed by atoms with Gasteiger partial charge in [0.05, 0.1) is 14.2 Å². The van der Waals surface area contributed by atoms with Crippen molar-refractivity contribution in [2.45, 2.75) is 13.8 Å². The van der Waals surface area contributed by atoms with Crippen molar-refractivity contribution in [3.05, 3.63) is 47.5 Å². The highest BCUT2D eigenvalue weighted by atomic mass is 16.5. The predicted octanol–water partition coefficient (Wildman–Crippen LogP) is 2.90. The first-order valence-electron chi connectivity index (χ1n) is 7.36. The molecule has 2 aromatic rings. The first-order valence-corrected chi connectivity index (χ1v) is 7.36. The molecule has 2 rings (SSSR count). The Kier molecular flexibility index (Phi) is 5.42. The van der Waals surface area contributed by atoms with Crippen LogP contribution >= 0.6 is 0 Å². The second-order valence-corrected chi connectivity index (χ2v) is 5.30. The van der Waals surface area contributed by atoms with Crippen LogP contribution in [0.3, 0.4) is 0 Å². The molecule has 0 saturated carbocycles. The molecule has 0 unspecified atom stereocenters. The van der Waals surface area contributed by atoms with Crippen molar-refractivity contribution in [2.24, 2.45) is 0 Å². The normalized spacial score (nSPS) is 10.0. The highest BCUT2D eigenvalue weighted by Gasteiger charge is 2.16. The molecule has 0 aliphatic carbocycles.